The summed E-state index contributed by atoms with van der Waals surface area (Å²) in [6.45, 7) is 2.71. The van der Waals surface area contributed by atoms with E-state index < -0.39 is 11.7 Å². The standard InChI is InChI=1S/C23H23F3N4O4/c24-23(25,26)18-5-3-15(4-6-18)16-12-17(20-27-21(34-28-20)19-2-1-9-33-19)14-30(13-16)22(31)29-7-10-32-11-8-29/h1-6,9,16-17H,7-8,10-14H2. The molecule has 11 heteroatoms. The van der Waals surface area contributed by atoms with Gasteiger partial charge in [0.25, 0.3) is 5.89 Å². The molecule has 0 saturated carbocycles. The number of halogens is 3. The van der Waals surface area contributed by atoms with E-state index in [1.54, 1.807) is 21.9 Å². The molecule has 4 heterocycles. The molecule has 0 radical (unpaired) electrons. The fourth-order valence-corrected chi connectivity index (χ4v) is 4.48. The molecule has 0 N–H and O–H groups in total. The lowest BCUT2D eigenvalue weighted by Crippen LogP contribution is -2.52. The summed E-state index contributed by atoms with van der Waals surface area (Å²) in [5.74, 6) is 0.677. The van der Waals surface area contributed by atoms with E-state index in [1.165, 1.54) is 18.4 Å². The number of ether oxygens (including phenoxy) is 1. The van der Waals surface area contributed by atoms with Gasteiger partial charge in [-0.05, 0) is 36.2 Å². The van der Waals surface area contributed by atoms with E-state index in [0.717, 1.165) is 17.7 Å². The number of aromatic nitrogens is 2. The number of benzene rings is 1. The number of alkyl halides is 3. The monoisotopic (exact) mass is 476 g/mol. The first-order chi connectivity index (χ1) is 16.4. The SMILES string of the molecule is O=C(N1CCOCC1)N1CC(c2ccc(C(F)(F)F)cc2)CC(c2noc(-c3ccco3)n2)C1. The fourth-order valence-electron chi connectivity index (χ4n) is 4.48. The highest BCUT2D eigenvalue weighted by Gasteiger charge is 2.37. The molecule has 2 amide bonds. The minimum Gasteiger partial charge on any atom is -0.459 e. The summed E-state index contributed by atoms with van der Waals surface area (Å²) in [5.41, 5.74) is 0.0262. The van der Waals surface area contributed by atoms with E-state index in [1.807, 2.05) is 0 Å². The van der Waals surface area contributed by atoms with Crippen LogP contribution in [0.3, 0.4) is 0 Å². The fraction of sp³-hybridized carbons (Fsp3) is 0.435. The zero-order valence-corrected chi connectivity index (χ0v) is 18.2. The molecule has 5 rings (SSSR count). The third-order valence-electron chi connectivity index (χ3n) is 6.25. The summed E-state index contributed by atoms with van der Waals surface area (Å²) < 4.78 is 55.1. The molecule has 34 heavy (non-hydrogen) atoms. The van der Waals surface area contributed by atoms with Crippen LogP contribution in [0.1, 0.15) is 35.2 Å². The van der Waals surface area contributed by atoms with Gasteiger partial charge in [-0.15, -0.1) is 0 Å². The van der Waals surface area contributed by atoms with Gasteiger partial charge in [0.2, 0.25) is 0 Å². The number of amides is 2. The number of carbonyl (C=O) groups is 1. The molecule has 2 saturated heterocycles. The van der Waals surface area contributed by atoms with Gasteiger partial charge in [0.05, 0.1) is 25.0 Å². The number of rotatable bonds is 3. The molecular weight excluding hydrogens is 453 g/mol. The Hall–Kier alpha value is -3.34. The van der Waals surface area contributed by atoms with Gasteiger partial charge in [-0.1, -0.05) is 17.3 Å². The third-order valence-corrected chi connectivity index (χ3v) is 6.25. The number of hydrogen-bond acceptors (Lipinski definition) is 6. The smallest absolute Gasteiger partial charge is 0.416 e. The first-order valence-electron chi connectivity index (χ1n) is 11.0. The van der Waals surface area contributed by atoms with Crippen LogP contribution in [0.15, 0.2) is 51.6 Å². The average molecular weight is 476 g/mol. The molecule has 0 spiro atoms. The van der Waals surface area contributed by atoms with Crippen molar-refractivity contribution in [3.8, 4) is 11.7 Å². The topological polar surface area (TPSA) is 84.8 Å². The zero-order chi connectivity index (χ0) is 23.7. The molecule has 2 aliphatic heterocycles. The molecule has 0 bridgehead atoms. The Bertz CT molecular complexity index is 1110. The van der Waals surface area contributed by atoms with E-state index >= 15 is 0 Å². The number of nitrogens with zero attached hydrogens (tertiary/aromatic N) is 4. The maximum absolute atomic E-state index is 13.3. The van der Waals surface area contributed by atoms with Crippen molar-refractivity contribution in [3.63, 3.8) is 0 Å². The summed E-state index contributed by atoms with van der Waals surface area (Å²) in [6, 6.07) is 8.42. The van der Waals surface area contributed by atoms with Crippen LogP contribution in [0.5, 0.6) is 0 Å². The van der Waals surface area contributed by atoms with Gasteiger partial charge in [-0.3, -0.25) is 0 Å². The van der Waals surface area contributed by atoms with Crippen molar-refractivity contribution in [1.82, 2.24) is 19.9 Å². The normalized spacial score (nSPS) is 21.6. The lowest BCUT2D eigenvalue weighted by atomic mass is 9.84. The van der Waals surface area contributed by atoms with Crippen molar-refractivity contribution in [3.05, 3.63) is 59.6 Å². The number of furan rings is 1. The Labute approximate surface area is 193 Å². The van der Waals surface area contributed by atoms with Crippen LogP contribution in [-0.2, 0) is 10.9 Å². The summed E-state index contributed by atoms with van der Waals surface area (Å²) in [5, 5.41) is 4.11. The Balaban J connectivity index is 1.41. The zero-order valence-electron chi connectivity index (χ0n) is 18.2. The van der Waals surface area contributed by atoms with Gasteiger partial charge < -0.3 is 23.5 Å². The van der Waals surface area contributed by atoms with Crippen molar-refractivity contribution in [2.45, 2.75) is 24.4 Å². The van der Waals surface area contributed by atoms with Crippen LogP contribution in [0, 0.1) is 0 Å². The van der Waals surface area contributed by atoms with Gasteiger partial charge in [0.1, 0.15) is 0 Å². The Morgan fingerprint density at radius 2 is 1.74 bits per heavy atom. The lowest BCUT2D eigenvalue weighted by Gasteiger charge is -2.40. The Kier molecular flexibility index (Phi) is 6.03. The molecule has 2 fully saturated rings. The number of likely N-dealkylation sites (tertiary alicyclic amines) is 1. The van der Waals surface area contributed by atoms with Crippen LogP contribution in [-0.4, -0.2) is 65.4 Å². The molecule has 8 nitrogen and oxygen atoms in total. The number of hydrogen-bond donors (Lipinski definition) is 0. The van der Waals surface area contributed by atoms with Gasteiger partial charge in [-0.25, -0.2) is 4.79 Å². The largest absolute Gasteiger partial charge is 0.459 e. The Morgan fingerprint density at radius 1 is 1.00 bits per heavy atom. The van der Waals surface area contributed by atoms with Gasteiger partial charge >= 0.3 is 12.2 Å². The second kappa shape index (κ2) is 9.13. The molecule has 2 aromatic heterocycles. The van der Waals surface area contributed by atoms with Crippen LogP contribution >= 0.6 is 0 Å². The number of urea groups is 1. The predicted molar refractivity (Wildman–Crippen MR) is 113 cm³/mol. The van der Waals surface area contributed by atoms with Gasteiger partial charge in [0.15, 0.2) is 11.6 Å². The van der Waals surface area contributed by atoms with Crippen molar-refractivity contribution in [1.29, 1.82) is 0 Å². The van der Waals surface area contributed by atoms with E-state index in [0.29, 0.717) is 57.4 Å². The van der Waals surface area contributed by atoms with Crippen molar-refractivity contribution < 1.29 is 31.6 Å². The minimum absolute atomic E-state index is 0.125. The molecular formula is C23H23F3N4O4. The average Bonchev–Trinajstić information content (AvgIpc) is 3.56. The van der Waals surface area contributed by atoms with Crippen molar-refractivity contribution in [2.24, 2.45) is 0 Å². The summed E-state index contributed by atoms with van der Waals surface area (Å²) in [7, 11) is 0. The molecule has 1 aromatic carbocycles. The summed E-state index contributed by atoms with van der Waals surface area (Å²) in [4.78, 5) is 21.2. The highest BCUT2D eigenvalue weighted by atomic mass is 19.4. The molecule has 2 atom stereocenters. The summed E-state index contributed by atoms with van der Waals surface area (Å²) >= 11 is 0. The lowest BCUT2D eigenvalue weighted by molar-refractivity contribution is -0.137. The van der Waals surface area contributed by atoms with E-state index in [4.69, 9.17) is 13.7 Å². The number of carbonyl (C=O) groups excluding carboxylic acids is 1. The first-order valence-corrected chi connectivity index (χ1v) is 11.0. The van der Waals surface area contributed by atoms with Crippen LogP contribution in [0.2, 0.25) is 0 Å². The van der Waals surface area contributed by atoms with Crippen molar-refractivity contribution in [2.75, 3.05) is 39.4 Å². The predicted octanol–water partition coefficient (Wildman–Crippen LogP) is 4.37. The highest BCUT2D eigenvalue weighted by molar-refractivity contribution is 5.75. The maximum atomic E-state index is 13.3. The molecule has 180 valence electrons. The Morgan fingerprint density at radius 3 is 2.41 bits per heavy atom. The van der Waals surface area contributed by atoms with Gasteiger partial charge in [0, 0.05) is 38.0 Å². The molecule has 2 unspecified atom stereocenters. The van der Waals surface area contributed by atoms with Crippen LogP contribution in [0.4, 0.5) is 18.0 Å². The maximum Gasteiger partial charge on any atom is 0.416 e. The highest BCUT2D eigenvalue weighted by Crippen LogP contribution is 2.37. The van der Waals surface area contributed by atoms with Crippen LogP contribution < -0.4 is 0 Å². The molecule has 3 aromatic rings. The van der Waals surface area contributed by atoms with E-state index in [2.05, 4.69) is 10.1 Å². The molecule has 0 aliphatic carbocycles. The van der Waals surface area contributed by atoms with E-state index in [-0.39, 0.29) is 23.8 Å². The van der Waals surface area contributed by atoms with Crippen LogP contribution in [0.25, 0.3) is 11.7 Å². The first kappa shape index (κ1) is 22.5. The minimum atomic E-state index is -4.40. The van der Waals surface area contributed by atoms with Gasteiger partial charge in [-0.2, -0.15) is 18.2 Å². The second-order valence-corrected chi connectivity index (χ2v) is 8.47. The summed E-state index contributed by atoms with van der Waals surface area (Å²) in [6.07, 6.45) is -2.34. The second-order valence-electron chi connectivity index (χ2n) is 8.47. The molecule has 2 aliphatic rings. The third kappa shape index (κ3) is 4.65. The quantitative estimate of drug-likeness (QED) is 0.558. The van der Waals surface area contributed by atoms with E-state index in [9.17, 15) is 18.0 Å². The van der Waals surface area contributed by atoms with Crippen molar-refractivity contribution >= 4 is 6.03 Å². The number of piperidine rings is 1. The number of morpholine rings is 1.